The number of nitrogens with one attached hydrogen (secondary N) is 1. The van der Waals surface area contributed by atoms with E-state index in [1.807, 2.05) is 7.05 Å². The minimum atomic E-state index is 0.557. The van der Waals surface area contributed by atoms with Gasteiger partial charge in [-0.15, -0.1) is 0 Å². The van der Waals surface area contributed by atoms with E-state index in [2.05, 4.69) is 11.9 Å². The molecule has 0 bridgehead atoms. The fourth-order valence-corrected chi connectivity index (χ4v) is 1.79. The van der Waals surface area contributed by atoms with Gasteiger partial charge in [-0.3, -0.25) is 0 Å². The molecule has 1 aliphatic carbocycles. The van der Waals surface area contributed by atoms with Gasteiger partial charge in [-0.25, -0.2) is 0 Å². The second-order valence-electron chi connectivity index (χ2n) is 3.42. The van der Waals surface area contributed by atoms with Crippen molar-refractivity contribution in [3.63, 3.8) is 0 Å². The molecule has 2 atom stereocenters. The predicted molar refractivity (Wildman–Crippen MR) is 48.1 cm³/mol. The van der Waals surface area contributed by atoms with Gasteiger partial charge in [0, 0.05) is 11.7 Å². The first-order valence-electron chi connectivity index (χ1n) is 4.35. The fraction of sp³-hybridized carbons (Fsp3) is 0.778. The maximum atomic E-state index is 5.66. The maximum absolute atomic E-state index is 5.66. The van der Waals surface area contributed by atoms with Crippen molar-refractivity contribution in [1.29, 1.82) is 0 Å². The van der Waals surface area contributed by atoms with Crippen LogP contribution in [-0.4, -0.2) is 13.1 Å². The molecule has 0 aromatic carbocycles. The van der Waals surface area contributed by atoms with E-state index in [0.29, 0.717) is 12.0 Å². The molecule has 11 heavy (non-hydrogen) atoms. The van der Waals surface area contributed by atoms with Crippen LogP contribution in [-0.2, 0) is 0 Å². The molecular weight excluding hydrogens is 136 g/mol. The van der Waals surface area contributed by atoms with Gasteiger partial charge < -0.3 is 11.1 Å². The van der Waals surface area contributed by atoms with Crippen molar-refractivity contribution >= 4 is 0 Å². The number of allylic oxidation sites excluding steroid dienone is 1. The van der Waals surface area contributed by atoms with Crippen LogP contribution in [0.3, 0.4) is 0 Å². The lowest BCUT2D eigenvalue weighted by molar-refractivity contribution is 0.325. The van der Waals surface area contributed by atoms with Gasteiger partial charge in [-0.05, 0) is 32.2 Å². The number of hydrogen-bond acceptors (Lipinski definition) is 2. The van der Waals surface area contributed by atoms with Crippen LogP contribution >= 0.6 is 0 Å². The van der Waals surface area contributed by atoms with Gasteiger partial charge in [0.15, 0.2) is 0 Å². The van der Waals surface area contributed by atoms with Gasteiger partial charge in [-0.1, -0.05) is 13.0 Å². The van der Waals surface area contributed by atoms with Crippen molar-refractivity contribution in [2.24, 2.45) is 11.7 Å². The molecule has 1 fully saturated rings. The summed E-state index contributed by atoms with van der Waals surface area (Å²) < 4.78 is 0. The molecule has 0 heterocycles. The summed E-state index contributed by atoms with van der Waals surface area (Å²) in [6.45, 7) is 3.80. The Bertz CT molecular complexity index is 142. The van der Waals surface area contributed by atoms with E-state index in [4.69, 9.17) is 5.73 Å². The highest BCUT2D eigenvalue weighted by atomic mass is 14.9. The summed E-state index contributed by atoms with van der Waals surface area (Å²) in [6, 6.07) is 0.661. The van der Waals surface area contributed by atoms with Crippen LogP contribution in [0, 0.1) is 5.92 Å². The molecule has 64 valence electrons. The Labute approximate surface area is 68.9 Å². The van der Waals surface area contributed by atoms with Crippen LogP contribution in [0.4, 0.5) is 0 Å². The third kappa shape index (κ3) is 2.22. The zero-order valence-electron chi connectivity index (χ0n) is 7.27. The van der Waals surface area contributed by atoms with Crippen LogP contribution in [0.15, 0.2) is 12.3 Å². The van der Waals surface area contributed by atoms with Crippen LogP contribution < -0.4 is 11.1 Å². The number of hydrogen-bond donors (Lipinski definition) is 2. The third-order valence-corrected chi connectivity index (χ3v) is 2.61. The molecule has 0 saturated heterocycles. The van der Waals surface area contributed by atoms with E-state index in [1.54, 1.807) is 0 Å². The van der Waals surface area contributed by atoms with E-state index in [0.717, 1.165) is 5.70 Å². The van der Waals surface area contributed by atoms with Gasteiger partial charge in [0.2, 0.25) is 0 Å². The molecule has 0 amide bonds. The van der Waals surface area contributed by atoms with E-state index in [-0.39, 0.29) is 0 Å². The Hall–Kier alpha value is -0.500. The second kappa shape index (κ2) is 3.77. The molecule has 0 aromatic heterocycles. The Kier molecular flexibility index (Phi) is 2.94. The van der Waals surface area contributed by atoms with Crippen molar-refractivity contribution in [1.82, 2.24) is 5.32 Å². The van der Waals surface area contributed by atoms with E-state index < -0.39 is 0 Å². The highest BCUT2D eigenvalue weighted by Gasteiger charge is 2.21. The van der Waals surface area contributed by atoms with Crippen LogP contribution in [0.5, 0.6) is 0 Å². The van der Waals surface area contributed by atoms with Crippen molar-refractivity contribution in [3.05, 3.63) is 12.3 Å². The SMILES string of the molecule is C=C(N)C1CCCC(NC)C1. The lowest BCUT2D eigenvalue weighted by Gasteiger charge is -2.28. The van der Waals surface area contributed by atoms with Crippen molar-refractivity contribution in [2.45, 2.75) is 31.7 Å². The lowest BCUT2D eigenvalue weighted by atomic mass is 9.84. The molecule has 0 spiro atoms. The van der Waals surface area contributed by atoms with Crippen molar-refractivity contribution in [2.75, 3.05) is 7.05 Å². The average molecular weight is 154 g/mol. The van der Waals surface area contributed by atoms with Gasteiger partial charge in [0.1, 0.15) is 0 Å². The smallest absolute Gasteiger partial charge is 0.00704 e. The Morgan fingerprint density at radius 3 is 2.82 bits per heavy atom. The second-order valence-corrected chi connectivity index (χ2v) is 3.42. The van der Waals surface area contributed by atoms with Gasteiger partial charge in [0.05, 0.1) is 0 Å². The predicted octanol–water partition coefficient (Wildman–Crippen LogP) is 1.24. The summed E-state index contributed by atoms with van der Waals surface area (Å²) in [6.07, 6.45) is 4.98. The standard InChI is InChI=1S/C9H18N2/c1-7(10)8-4-3-5-9(6-8)11-2/h8-9,11H,1,3-6,10H2,2H3. The summed E-state index contributed by atoms with van der Waals surface area (Å²) in [5, 5.41) is 3.29. The summed E-state index contributed by atoms with van der Waals surface area (Å²) >= 11 is 0. The molecule has 2 nitrogen and oxygen atoms in total. The summed E-state index contributed by atoms with van der Waals surface area (Å²) in [5.74, 6) is 0.557. The Balaban J connectivity index is 2.39. The van der Waals surface area contributed by atoms with Gasteiger partial charge in [0.25, 0.3) is 0 Å². The third-order valence-electron chi connectivity index (χ3n) is 2.61. The molecule has 1 aliphatic rings. The van der Waals surface area contributed by atoms with Crippen molar-refractivity contribution in [3.8, 4) is 0 Å². The molecule has 0 aliphatic heterocycles. The maximum Gasteiger partial charge on any atom is 0.00704 e. The van der Waals surface area contributed by atoms with Gasteiger partial charge in [-0.2, -0.15) is 0 Å². The quantitative estimate of drug-likeness (QED) is 0.628. The fourth-order valence-electron chi connectivity index (χ4n) is 1.79. The molecule has 2 unspecified atom stereocenters. The molecule has 1 saturated carbocycles. The molecule has 0 aromatic rings. The minimum absolute atomic E-state index is 0.557. The lowest BCUT2D eigenvalue weighted by Crippen LogP contribution is -2.32. The largest absolute Gasteiger partial charge is 0.402 e. The van der Waals surface area contributed by atoms with E-state index >= 15 is 0 Å². The number of nitrogens with two attached hydrogens (primary N) is 1. The Morgan fingerprint density at radius 1 is 1.55 bits per heavy atom. The van der Waals surface area contributed by atoms with Crippen LogP contribution in [0.25, 0.3) is 0 Å². The zero-order chi connectivity index (χ0) is 8.27. The summed E-state index contributed by atoms with van der Waals surface area (Å²) in [4.78, 5) is 0. The first-order chi connectivity index (χ1) is 5.24. The van der Waals surface area contributed by atoms with E-state index in [9.17, 15) is 0 Å². The highest BCUT2D eigenvalue weighted by Crippen LogP contribution is 2.26. The van der Waals surface area contributed by atoms with Crippen LogP contribution in [0.2, 0.25) is 0 Å². The van der Waals surface area contributed by atoms with Crippen molar-refractivity contribution < 1.29 is 0 Å². The van der Waals surface area contributed by atoms with Gasteiger partial charge >= 0.3 is 0 Å². The highest BCUT2D eigenvalue weighted by molar-refractivity contribution is 4.97. The first kappa shape index (κ1) is 8.60. The summed E-state index contributed by atoms with van der Waals surface area (Å²) in [7, 11) is 2.02. The van der Waals surface area contributed by atoms with Crippen LogP contribution in [0.1, 0.15) is 25.7 Å². The molecule has 1 rings (SSSR count). The topological polar surface area (TPSA) is 38.0 Å². The Morgan fingerprint density at radius 2 is 2.27 bits per heavy atom. The molecule has 0 radical (unpaired) electrons. The van der Waals surface area contributed by atoms with E-state index in [1.165, 1.54) is 25.7 Å². The first-order valence-corrected chi connectivity index (χ1v) is 4.35. The minimum Gasteiger partial charge on any atom is -0.402 e. The zero-order valence-corrected chi connectivity index (χ0v) is 7.27. The molecule has 2 heteroatoms. The molecule has 3 N–H and O–H groups in total. The number of rotatable bonds is 2. The normalized spacial score (nSPS) is 31.7. The average Bonchev–Trinajstić information content (AvgIpc) is 2.05. The monoisotopic (exact) mass is 154 g/mol. The summed E-state index contributed by atoms with van der Waals surface area (Å²) in [5.41, 5.74) is 6.53. The molecular formula is C9H18N2.